The molecule has 0 amide bonds. The standard InChI is InChI=1S/C11H25NO/c1-5-7-10(8-6-2)11(12-3)9-13-4/h10-12H,5-9H2,1-4H3. The molecule has 0 aromatic heterocycles. The summed E-state index contributed by atoms with van der Waals surface area (Å²) in [5.41, 5.74) is 0. The fourth-order valence-electron chi connectivity index (χ4n) is 1.92. The Kier molecular flexibility index (Phi) is 8.46. The van der Waals surface area contributed by atoms with Gasteiger partial charge in [-0.15, -0.1) is 0 Å². The summed E-state index contributed by atoms with van der Waals surface area (Å²) in [5.74, 6) is 0.778. The quantitative estimate of drug-likeness (QED) is 0.630. The van der Waals surface area contributed by atoms with E-state index in [9.17, 15) is 0 Å². The van der Waals surface area contributed by atoms with Gasteiger partial charge in [-0.25, -0.2) is 0 Å². The second kappa shape index (κ2) is 8.52. The number of ether oxygens (including phenoxy) is 1. The first kappa shape index (κ1) is 12.9. The van der Waals surface area contributed by atoms with E-state index in [4.69, 9.17) is 4.74 Å². The number of rotatable bonds is 8. The van der Waals surface area contributed by atoms with Gasteiger partial charge in [0.15, 0.2) is 0 Å². The number of nitrogens with one attached hydrogen (secondary N) is 1. The Balaban J connectivity index is 3.94. The highest BCUT2D eigenvalue weighted by Gasteiger charge is 2.17. The lowest BCUT2D eigenvalue weighted by atomic mass is 9.91. The van der Waals surface area contributed by atoms with Gasteiger partial charge in [-0.1, -0.05) is 26.7 Å². The van der Waals surface area contributed by atoms with Crippen molar-refractivity contribution in [3.63, 3.8) is 0 Å². The predicted octanol–water partition coefficient (Wildman–Crippen LogP) is 2.44. The molecule has 1 N–H and O–H groups in total. The van der Waals surface area contributed by atoms with Gasteiger partial charge in [0.05, 0.1) is 6.61 Å². The van der Waals surface area contributed by atoms with Gasteiger partial charge < -0.3 is 10.1 Å². The number of hydrogen-bond acceptors (Lipinski definition) is 2. The maximum absolute atomic E-state index is 5.21. The molecule has 0 aliphatic heterocycles. The third-order valence-corrected chi connectivity index (χ3v) is 2.60. The van der Waals surface area contributed by atoms with E-state index >= 15 is 0 Å². The van der Waals surface area contributed by atoms with Crippen molar-refractivity contribution in [2.75, 3.05) is 20.8 Å². The van der Waals surface area contributed by atoms with Crippen molar-refractivity contribution in [1.82, 2.24) is 5.32 Å². The van der Waals surface area contributed by atoms with Crippen LogP contribution in [0.2, 0.25) is 0 Å². The molecular formula is C11H25NO. The zero-order chi connectivity index (χ0) is 10.1. The third-order valence-electron chi connectivity index (χ3n) is 2.60. The first-order chi connectivity index (χ1) is 6.29. The lowest BCUT2D eigenvalue weighted by molar-refractivity contribution is 0.136. The molecule has 13 heavy (non-hydrogen) atoms. The second-order valence-electron chi connectivity index (χ2n) is 3.69. The normalized spacial score (nSPS) is 13.6. The van der Waals surface area contributed by atoms with Crippen LogP contribution >= 0.6 is 0 Å². The highest BCUT2D eigenvalue weighted by atomic mass is 16.5. The summed E-state index contributed by atoms with van der Waals surface area (Å²) in [5, 5.41) is 3.35. The van der Waals surface area contributed by atoms with Crippen molar-refractivity contribution in [1.29, 1.82) is 0 Å². The van der Waals surface area contributed by atoms with E-state index in [2.05, 4.69) is 19.2 Å². The van der Waals surface area contributed by atoms with Gasteiger partial charge in [0.1, 0.15) is 0 Å². The average molecular weight is 187 g/mol. The first-order valence-corrected chi connectivity index (χ1v) is 5.46. The summed E-state index contributed by atoms with van der Waals surface area (Å²) in [4.78, 5) is 0. The fourth-order valence-corrected chi connectivity index (χ4v) is 1.92. The maximum atomic E-state index is 5.21. The minimum Gasteiger partial charge on any atom is -0.383 e. The van der Waals surface area contributed by atoms with Crippen molar-refractivity contribution in [3.05, 3.63) is 0 Å². The van der Waals surface area contributed by atoms with Gasteiger partial charge in [0.2, 0.25) is 0 Å². The van der Waals surface area contributed by atoms with Crippen molar-refractivity contribution < 1.29 is 4.74 Å². The van der Waals surface area contributed by atoms with Crippen LogP contribution in [0.1, 0.15) is 39.5 Å². The van der Waals surface area contributed by atoms with Crippen LogP contribution in [-0.2, 0) is 4.74 Å². The molecule has 0 fully saturated rings. The molecule has 0 saturated heterocycles. The predicted molar refractivity (Wildman–Crippen MR) is 58.0 cm³/mol. The van der Waals surface area contributed by atoms with Gasteiger partial charge in [0.25, 0.3) is 0 Å². The monoisotopic (exact) mass is 187 g/mol. The molecule has 1 unspecified atom stereocenters. The van der Waals surface area contributed by atoms with E-state index in [1.807, 2.05) is 7.05 Å². The highest BCUT2D eigenvalue weighted by molar-refractivity contribution is 4.74. The molecule has 2 heteroatoms. The highest BCUT2D eigenvalue weighted by Crippen LogP contribution is 2.17. The van der Waals surface area contributed by atoms with Crippen LogP contribution in [-0.4, -0.2) is 26.8 Å². The molecule has 0 rings (SSSR count). The number of methoxy groups -OCH3 is 1. The molecule has 0 spiro atoms. The lowest BCUT2D eigenvalue weighted by Gasteiger charge is -2.25. The molecule has 0 aromatic carbocycles. The Morgan fingerprint density at radius 2 is 1.69 bits per heavy atom. The van der Waals surface area contributed by atoms with E-state index in [1.54, 1.807) is 7.11 Å². The van der Waals surface area contributed by atoms with Crippen LogP contribution in [0.15, 0.2) is 0 Å². The summed E-state index contributed by atoms with van der Waals surface area (Å²) in [6.45, 7) is 5.34. The van der Waals surface area contributed by atoms with Crippen LogP contribution in [0.4, 0.5) is 0 Å². The maximum Gasteiger partial charge on any atom is 0.0618 e. The topological polar surface area (TPSA) is 21.3 Å². The van der Waals surface area contributed by atoms with Crippen molar-refractivity contribution >= 4 is 0 Å². The van der Waals surface area contributed by atoms with Crippen LogP contribution in [0.5, 0.6) is 0 Å². The lowest BCUT2D eigenvalue weighted by Crippen LogP contribution is -2.37. The van der Waals surface area contributed by atoms with Gasteiger partial charge in [-0.05, 0) is 25.8 Å². The zero-order valence-corrected chi connectivity index (χ0v) is 9.60. The number of hydrogen-bond donors (Lipinski definition) is 1. The summed E-state index contributed by atoms with van der Waals surface area (Å²) >= 11 is 0. The minimum atomic E-state index is 0.532. The molecule has 1 atom stereocenters. The molecule has 0 aliphatic rings. The molecule has 2 nitrogen and oxygen atoms in total. The summed E-state index contributed by atoms with van der Waals surface area (Å²) in [6, 6.07) is 0.532. The van der Waals surface area contributed by atoms with E-state index in [1.165, 1.54) is 25.7 Å². The molecule has 0 radical (unpaired) electrons. The Labute approximate surface area is 83.1 Å². The van der Waals surface area contributed by atoms with Crippen LogP contribution in [0, 0.1) is 5.92 Å². The Bertz CT molecular complexity index is 100. The smallest absolute Gasteiger partial charge is 0.0618 e. The molecule has 0 aliphatic carbocycles. The molecule has 0 bridgehead atoms. The van der Waals surface area contributed by atoms with Gasteiger partial charge >= 0.3 is 0 Å². The van der Waals surface area contributed by atoms with Crippen LogP contribution < -0.4 is 5.32 Å². The molecule has 80 valence electrons. The summed E-state index contributed by atoms with van der Waals surface area (Å²) < 4.78 is 5.21. The summed E-state index contributed by atoms with van der Waals surface area (Å²) in [6.07, 6.45) is 5.16. The van der Waals surface area contributed by atoms with Crippen LogP contribution in [0.25, 0.3) is 0 Å². The SMILES string of the molecule is CCCC(CCC)C(COC)NC. The molecule has 0 heterocycles. The van der Waals surface area contributed by atoms with Crippen molar-refractivity contribution in [3.8, 4) is 0 Å². The zero-order valence-electron chi connectivity index (χ0n) is 9.60. The minimum absolute atomic E-state index is 0.532. The first-order valence-electron chi connectivity index (χ1n) is 5.46. The third kappa shape index (κ3) is 5.27. The molecule has 0 aromatic rings. The molecular weight excluding hydrogens is 162 g/mol. The average Bonchev–Trinajstić information content (AvgIpc) is 2.14. The van der Waals surface area contributed by atoms with Crippen LogP contribution in [0.3, 0.4) is 0 Å². The van der Waals surface area contributed by atoms with Crippen molar-refractivity contribution in [2.24, 2.45) is 5.92 Å². The van der Waals surface area contributed by atoms with E-state index in [0.717, 1.165) is 12.5 Å². The fraction of sp³-hybridized carbons (Fsp3) is 1.00. The number of likely N-dealkylation sites (N-methyl/N-ethyl adjacent to an activating group) is 1. The summed E-state index contributed by atoms with van der Waals surface area (Å²) in [7, 11) is 3.81. The van der Waals surface area contributed by atoms with E-state index < -0.39 is 0 Å². The Morgan fingerprint density at radius 1 is 1.15 bits per heavy atom. The Hall–Kier alpha value is -0.0800. The van der Waals surface area contributed by atoms with Crippen molar-refractivity contribution in [2.45, 2.75) is 45.6 Å². The van der Waals surface area contributed by atoms with Gasteiger partial charge in [-0.2, -0.15) is 0 Å². The molecule has 0 saturated carbocycles. The van der Waals surface area contributed by atoms with Gasteiger partial charge in [0, 0.05) is 13.2 Å². The van der Waals surface area contributed by atoms with Gasteiger partial charge in [-0.3, -0.25) is 0 Å². The second-order valence-corrected chi connectivity index (χ2v) is 3.69. The Morgan fingerprint density at radius 3 is 2.00 bits per heavy atom. The van der Waals surface area contributed by atoms with E-state index in [0.29, 0.717) is 6.04 Å². The largest absolute Gasteiger partial charge is 0.383 e. The van der Waals surface area contributed by atoms with E-state index in [-0.39, 0.29) is 0 Å².